The Bertz CT molecular complexity index is 265. The number of pyridine rings is 1. The molecule has 0 saturated carbocycles. The SMILES string of the molecule is Nc1ccc(C2CCOCC2)cn1. The molecule has 3 nitrogen and oxygen atoms in total. The maximum Gasteiger partial charge on any atom is 0.123 e. The van der Waals surface area contributed by atoms with Crippen LogP contribution in [0.25, 0.3) is 0 Å². The summed E-state index contributed by atoms with van der Waals surface area (Å²) in [7, 11) is 0. The second-order valence-corrected chi connectivity index (χ2v) is 3.40. The molecule has 13 heavy (non-hydrogen) atoms. The van der Waals surface area contributed by atoms with Crippen LogP contribution in [0.2, 0.25) is 0 Å². The van der Waals surface area contributed by atoms with Crippen LogP contribution < -0.4 is 5.73 Å². The predicted molar refractivity (Wildman–Crippen MR) is 51.4 cm³/mol. The first-order valence-corrected chi connectivity index (χ1v) is 4.65. The van der Waals surface area contributed by atoms with Gasteiger partial charge in [0.05, 0.1) is 0 Å². The Labute approximate surface area is 77.9 Å². The van der Waals surface area contributed by atoms with Gasteiger partial charge >= 0.3 is 0 Å². The number of nitrogens with zero attached hydrogens (tertiary/aromatic N) is 1. The van der Waals surface area contributed by atoms with Gasteiger partial charge in [0, 0.05) is 19.4 Å². The van der Waals surface area contributed by atoms with Crippen LogP contribution in [0.4, 0.5) is 5.82 Å². The fourth-order valence-corrected chi connectivity index (χ4v) is 1.69. The molecule has 2 N–H and O–H groups in total. The first-order valence-electron chi connectivity index (χ1n) is 4.65. The minimum Gasteiger partial charge on any atom is -0.384 e. The Balaban J connectivity index is 2.10. The molecule has 0 spiro atoms. The molecule has 0 unspecified atom stereocenters. The van der Waals surface area contributed by atoms with Crippen molar-refractivity contribution in [3.63, 3.8) is 0 Å². The van der Waals surface area contributed by atoms with Gasteiger partial charge in [-0.1, -0.05) is 6.07 Å². The lowest BCUT2D eigenvalue weighted by Gasteiger charge is -2.21. The molecule has 0 bridgehead atoms. The van der Waals surface area contributed by atoms with Crippen LogP contribution in [0.15, 0.2) is 18.3 Å². The molecular formula is C10H14N2O. The van der Waals surface area contributed by atoms with Gasteiger partial charge < -0.3 is 10.5 Å². The number of aromatic nitrogens is 1. The molecular weight excluding hydrogens is 164 g/mol. The summed E-state index contributed by atoms with van der Waals surface area (Å²) in [6, 6.07) is 3.93. The molecule has 1 aliphatic rings. The number of hydrogen-bond acceptors (Lipinski definition) is 3. The van der Waals surface area contributed by atoms with Crippen molar-refractivity contribution in [3.8, 4) is 0 Å². The topological polar surface area (TPSA) is 48.1 Å². The normalized spacial score (nSPS) is 18.8. The number of ether oxygens (including phenoxy) is 1. The quantitative estimate of drug-likeness (QED) is 0.710. The number of nitrogens with two attached hydrogens (primary N) is 1. The van der Waals surface area contributed by atoms with Gasteiger partial charge in [-0.25, -0.2) is 4.98 Å². The van der Waals surface area contributed by atoms with Crippen LogP contribution in [0, 0.1) is 0 Å². The second kappa shape index (κ2) is 3.75. The molecule has 1 saturated heterocycles. The van der Waals surface area contributed by atoms with Crippen LogP contribution in [0.3, 0.4) is 0 Å². The van der Waals surface area contributed by atoms with Gasteiger partial charge in [0.15, 0.2) is 0 Å². The molecule has 2 rings (SSSR count). The lowest BCUT2D eigenvalue weighted by atomic mass is 9.93. The number of rotatable bonds is 1. The first-order chi connectivity index (χ1) is 6.36. The number of hydrogen-bond donors (Lipinski definition) is 1. The highest BCUT2D eigenvalue weighted by molar-refractivity contribution is 5.30. The zero-order valence-electron chi connectivity index (χ0n) is 7.57. The zero-order chi connectivity index (χ0) is 9.10. The Morgan fingerprint density at radius 1 is 1.31 bits per heavy atom. The third-order valence-corrected chi connectivity index (χ3v) is 2.50. The molecule has 1 aliphatic heterocycles. The minimum atomic E-state index is 0.593. The molecule has 1 aromatic heterocycles. The molecule has 0 radical (unpaired) electrons. The van der Waals surface area contributed by atoms with Crippen LogP contribution in [-0.4, -0.2) is 18.2 Å². The fourth-order valence-electron chi connectivity index (χ4n) is 1.69. The number of nitrogen functional groups attached to an aromatic ring is 1. The summed E-state index contributed by atoms with van der Waals surface area (Å²) in [6.07, 6.45) is 4.09. The van der Waals surface area contributed by atoms with E-state index in [0.29, 0.717) is 11.7 Å². The largest absolute Gasteiger partial charge is 0.384 e. The van der Waals surface area contributed by atoms with Crippen molar-refractivity contribution in [1.29, 1.82) is 0 Å². The summed E-state index contributed by atoms with van der Waals surface area (Å²) in [5.74, 6) is 1.21. The van der Waals surface area contributed by atoms with E-state index in [-0.39, 0.29) is 0 Å². The predicted octanol–water partition coefficient (Wildman–Crippen LogP) is 1.56. The van der Waals surface area contributed by atoms with Gasteiger partial charge in [-0.2, -0.15) is 0 Å². The number of anilines is 1. The maximum absolute atomic E-state index is 5.52. The molecule has 3 heteroatoms. The highest BCUT2D eigenvalue weighted by atomic mass is 16.5. The summed E-state index contributed by atoms with van der Waals surface area (Å²) < 4.78 is 5.30. The average molecular weight is 178 g/mol. The van der Waals surface area contributed by atoms with Crippen LogP contribution in [-0.2, 0) is 4.74 Å². The van der Waals surface area contributed by atoms with Crippen LogP contribution >= 0.6 is 0 Å². The fraction of sp³-hybridized carbons (Fsp3) is 0.500. The van der Waals surface area contributed by atoms with Crippen molar-refractivity contribution < 1.29 is 4.74 Å². The van der Waals surface area contributed by atoms with E-state index in [2.05, 4.69) is 11.1 Å². The second-order valence-electron chi connectivity index (χ2n) is 3.40. The van der Waals surface area contributed by atoms with Crippen molar-refractivity contribution in [1.82, 2.24) is 4.98 Å². The van der Waals surface area contributed by atoms with E-state index in [1.807, 2.05) is 12.3 Å². The van der Waals surface area contributed by atoms with Crippen LogP contribution in [0.5, 0.6) is 0 Å². The van der Waals surface area contributed by atoms with Gasteiger partial charge in [-0.05, 0) is 30.4 Å². The standard InChI is InChI=1S/C10H14N2O/c11-10-2-1-9(7-12-10)8-3-5-13-6-4-8/h1-2,7-8H,3-6H2,(H2,11,12). The van der Waals surface area contributed by atoms with Crippen molar-refractivity contribution in [2.45, 2.75) is 18.8 Å². The summed E-state index contributed by atoms with van der Waals surface area (Å²) >= 11 is 0. The Morgan fingerprint density at radius 2 is 2.08 bits per heavy atom. The Hall–Kier alpha value is -1.09. The van der Waals surface area contributed by atoms with Crippen molar-refractivity contribution in [3.05, 3.63) is 23.9 Å². The van der Waals surface area contributed by atoms with Crippen LogP contribution in [0.1, 0.15) is 24.3 Å². The van der Waals surface area contributed by atoms with Gasteiger partial charge in [-0.15, -0.1) is 0 Å². The summed E-state index contributed by atoms with van der Waals surface area (Å²) in [4.78, 5) is 4.09. The molecule has 0 aromatic carbocycles. The van der Waals surface area contributed by atoms with Crippen molar-refractivity contribution in [2.24, 2.45) is 0 Å². The third kappa shape index (κ3) is 1.98. The van der Waals surface area contributed by atoms with Gasteiger partial charge in [0.25, 0.3) is 0 Å². The monoisotopic (exact) mass is 178 g/mol. The maximum atomic E-state index is 5.52. The van der Waals surface area contributed by atoms with Crippen molar-refractivity contribution in [2.75, 3.05) is 18.9 Å². The Kier molecular flexibility index (Phi) is 2.45. The first kappa shape index (κ1) is 8.51. The van der Waals surface area contributed by atoms with E-state index in [4.69, 9.17) is 10.5 Å². The average Bonchev–Trinajstić information content (AvgIpc) is 2.20. The minimum absolute atomic E-state index is 0.593. The third-order valence-electron chi connectivity index (χ3n) is 2.50. The van der Waals surface area contributed by atoms with E-state index in [0.717, 1.165) is 26.1 Å². The van der Waals surface area contributed by atoms with E-state index >= 15 is 0 Å². The smallest absolute Gasteiger partial charge is 0.123 e. The summed E-state index contributed by atoms with van der Waals surface area (Å²) in [5.41, 5.74) is 6.81. The van der Waals surface area contributed by atoms with E-state index in [1.165, 1.54) is 5.56 Å². The molecule has 70 valence electrons. The van der Waals surface area contributed by atoms with Gasteiger partial charge in [0.2, 0.25) is 0 Å². The molecule has 0 amide bonds. The Morgan fingerprint density at radius 3 is 2.69 bits per heavy atom. The molecule has 1 fully saturated rings. The highest BCUT2D eigenvalue weighted by Crippen LogP contribution is 2.26. The van der Waals surface area contributed by atoms with E-state index in [1.54, 1.807) is 0 Å². The van der Waals surface area contributed by atoms with Gasteiger partial charge in [-0.3, -0.25) is 0 Å². The lowest BCUT2D eigenvalue weighted by Crippen LogP contribution is -2.14. The molecule has 2 heterocycles. The molecule has 0 aliphatic carbocycles. The van der Waals surface area contributed by atoms with E-state index in [9.17, 15) is 0 Å². The lowest BCUT2D eigenvalue weighted by molar-refractivity contribution is 0.0853. The molecule has 0 atom stereocenters. The zero-order valence-corrected chi connectivity index (χ0v) is 7.57. The summed E-state index contributed by atoms with van der Waals surface area (Å²) in [6.45, 7) is 1.74. The van der Waals surface area contributed by atoms with E-state index < -0.39 is 0 Å². The highest BCUT2D eigenvalue weighted by Gasteiger charge is 2.15. The summed E-state index contributed by atoms with van der Waals surface area (Å²) in [5, 5.41) is 0. The van der Waals surface area contributed by atoms with Crippen molar-refractivity contribution >= 4 is 5.82 Å². The molecule has 1 aromatic rings. The van der Waals surface area contributed by atoms with Gasteiger partial charge in [0.1, 0.15) is 5.82 Å².